The number of piperidine rings is 1. The number of likely N-dealkylation sites (tertiary alicyclic amines) is 1. The van der Waals surface area contributed by atoms with Gasteiger partial charge in [0.05, 0.1) is 11.9 Å². The fraction of sp³-hybridized carbons (Fsp3) is 0.652. The number of carbonyl (C=O) groups excluding carboxylic acids is 1. The van der Waals surface area contributed by atoms with E-state index in [9.17, 15) is 18.0 Å². The van der Waals surface area contributed by atoms with Gasteiger partial charge in [-0.1, -0.05) is 13.8 Å². The lowest BCUT2D eigenvalue weighted by molar-refractivity contribution is -0.166. The molecule has 0 radical (unpaired) electrons. The first kappa shape index (κ1) is 25.0. The molecule has 0 bridgehead atoms. The zero-order valence-electron chi connectivity index (χ0n) is 20.1. The SMILES string of the molecule is CC(C)C(=O)N1CCC(c2nc(-c3ccc(NC(C)(C)C)cn3)nn2C(C)C(F)(F)F)CC1. The van der Waals surface area contributed by atoms with Gasteiger partial charge in [0.25, 0.3) is 0 Å². The van der Waals surface area contributed by atoms with Crippen LogP contribution in [-0.2, 0) is 4.79 Å². The van der Waals surface area contributed by atoms with E-state index in [4.69, 9.17) is 0 Å². The molecule has 2 aromatic rings. The lowest BCUT2D eigenvalue weighted by atomic mass is 9.95. The molecule has 7 nitrogen and oxygen atoms in total. The van der Waals surface area contributed by atoms with Crippen molar-refractivity contribution in [2.45, 2.75) is 78.1 Å². The van der Waals surface area contributed by atoms with Crippen molar-refractivity contribution in [2.75, 3.05) is 18.4 Å². The Balaban J connectivity index is 1.88. The summed E-state index contributed by atoms with van der Waals surface area (Å²) in [6.07, 6.45) is -1.74. The van der Waals surface area contributed by atoms with Gasteiger partial charge in [-0.15, -0.1) is 5.10 Å². The number of hydrogen-bond acceptors (Lipinski definition) is 5. The smallest absolute Gasteiger partial charge is 0.379 e. The van der Waals surface area contributed by atoms with Crippen LogP contribution in [0.15, 0.2) is 18.3 Å². The third-order valence-electron chi connectivity index (χ3n) is 5.68. The molecule has 1 amide bonds. The molecular formula is C23H33F3N6O. The Kier molecular flexibility index (Phi) is 7.04. The van der Waals surface area contributed by atoms with Crippen LogP contribution in [0, 0.1) is 5.92 Å². The van der Waals surface area contributed by atoms with E-state index in [1.807, 2.05) is 40.7 Å². The van der Waals surface area contributed by atoms with Crippen LogP contribution in [0.25, 0.3) is 11.5 Å². The van der Waals surface area contributed by atoms with E-state index in [1.54, 1.807) is 17.2 Å². The molecule has 2 aromatic heterocycles. The first-order chi connectivity index (χ1) is 15.3. The van der Waals surface area contributed by atoms with Crippen LogP contribution in [0.2, 0.25) is 0 Å². The highest BCUT2D eigenvalue weighted by molar-refractivity contribution is 5.78. The number of aromatic nitrogens is 4. The Labute approximate surface area is 192 Å². The van der Waals surface area contributed by atoms with Crippen LogP contribution >= 0.6 is 0 Å². The van der Waals surface area contributed by atoms with Crippen molar-refractivity contribution in [2.24, 2.45) is 5.92 Å². The van der Waals surface area contributed by atoms with Crippen molar-refractivity contribution in [3.8, 4) is 11.5 Å². The number of carbonyl (C=O) groups is 1. The molecule has 0 saturated carbocycles. The minimum Gasteiger partial charge on any atom is -0.379 e. The molecule has 1 unspecified atom stereocenters. The quantitative estimate of drug-likeness (QED) is 0.669. The fourth-order valence-corrected chi connectivity index (χ4v) is 3.90. The monoisotopic (exact) mass is 466 g/mol. The molecule has 1 atom stereocenters. The molecular weight excluding hydrogens is 433 g/mol. The van der Waals surface area contributed by atoms with E-state index in [-0.39, 0.29) is 29.1 Å². The number of anilines is 1. The summed E-state index contributed by atoms with van der Waals surface area (Å²) >= 11 is 0. The van der Waals surface area contributed by atoms with Gasteiger partial charge >= 0.3 is 6.18 Å². The predicted octanol–water partition coefficient (Wildman–Crippen LogP) is 5.04. The number of pyridine rings is 1. The Morgan fingerprint density at radius 3 is 2.24 bits per heavy atom. The molecule has 0 spiro atoms. The summed E-state index contributed by atoms with van der Waals surface area (Å²) in [6, 6.07) is 1.71. The molecule has 1 N–H and O–H groups in total. The van der Waals surface area contributed by atoms with E-state index in [2.05, 4.69) is 20.4 Å². The maximum atomic E-state index is 13.6. The van der Waals surface area contributed by atoms with Gasteiger partial charge in [0.2, 0.25) is 5.91 Å². The topological polar surface area (TPSA) is 75.9 Å². The number of halogens is 3. The average Bonchev–Trinajstić information content (AvgIpc) is 3.16. The number of nitrogens with zero attached hydrogens (tertiary/aromatic N) is 5. The maximum absolute atomic E-state index is 13.6. The van der Waals surface area contributed by atoms with Crippen molar-refractivity contribution < 1.29 is 18.0 Å². The highest BCUT2D eigenvalue weighted by atomic mass is 19.4. The summed E-state index contributed by atoms with van der Waals surface area (Å²) in [5.74, 6) is 0.208. The Morgan fingerprint density at radius 2 is 1.76 bits per heavy atom. The highest BCUT2D eigenvalue weighted by Gasteiger charge is 2.41. The normalized spacial score (nSPS) is 16.8. The first-order valence-corrected chi connectivity index (χ1v) is 11.3. The second kappa shape index (κ2) is 9.30. The molecule has 0 aliphatic carbocycles. The van der Waals surface area contributed by atoms with Crippen molar-refractivity contribution in [3.63, 3.8) is 0 Å². The van der Waals surface area contributed by atoms with Crippen molar-refractivity contribution in [1.29, 1.82) is 0 Å². The van der Waals surface area contributed by atoms with E-state index in [0.717, 1.165) is 17.3 Å². The van der Waals surface area contributed by atoms with Crippen molar-refractivity contribution in [1.82, 2.24) is 24.6 Å². The van der Waals surface area contributed by atoms with Crippen LogP contribution in [0.3, 0.4) is 0 Å². The van der Waals surface area contributed by atoms with Gasteiger partial charge in [0, 0.05) is 30.5 Å². The molecule has 0 aromatic carbocycles. The second-order valence-corrected chi connectivity index (χ2v) is 10.0. The largest absolute Gasteiger partial charge is 0.410 e. The van der Waals surface area contributed by atoms with Gasteiger partial charge in [-0.3, -0.25) is 9.78 Å². The summed E-state index contributed by atoms with van der Waals surface area (Å²) in [7, 11) is 0. The summed E-state index contributed by atoms with van der Waals surface area (Å²) in [6.45, 7) is 11.8. The zero-order valence-corrected chi connectivity index (χ0v) is 20.1. The van der Waals surface area contributed by atoms with E-state index in [0.29, 0.717) is 37.4 Å². The van der Waals surface area contributed by atoms with E-state index >= 15 is 0 Å². The lowest BCUT2D eigenvalue weighted by Crippen LogP contribution is -2.40. The van der Waals surface area contributed by atoms with E-state index < -0.39 is 12.2 Å². The fourth-order valence-electron chi connectivity index (χ4n) is 3.90. The van der Waals surface area contributed by atoms with Crippen molar-refractivity contribution >= 4 is 11.6 Å². The molecule has 1 fully saturated rings. The number of rotatable bonds is 5. The predicted molar refractivity (Wildman–Crippen MR) is 121 cm³/mol. The van der Waals surface area contributed by atoms with E-state index in [1.165, 1.54) is 0 Å². The molecule has 3 heterocycles. The zero-order chi connectivity index (χ0) is 24.6. The molecule has 3 rings (SSSR count). The Bertz CT molecular complexity index is 954. The van der Waals surface area contributed by atoms with Gasteiger partial charge in [0.1, 0.15) is 17.6 Å². The standard InChI is InChI=1S/C23H33F3N6O/c1-14(2)21(33)31-11-9-16(10-12-31)20-28-19(30-32(20)15(3)23(24,25)26)18-8-7-17(13-27-18)29-22(4,5)6/h7-8,13-16,29H,9-12H2,1-6H3. The second-order valence-electron chi connectivity index (χ2n) is 10.0. The molecule has 1 saturated heterocycles. The van der Waals surface area contributed by atoms with Crippen LogP contribution in [0.5, 0.6) is 0 Å². The first-order valence-electron chi connectivity index (χ1n) is 11.3. The molecule has 1 aliphatic rings. The number of alkyl halides is 3. The summed E-state index contributed by atoms with van der Waals surface area (Å²) in [5, 5.41) is 7.53. The number of hydrogen-bond donors (Lipinski definition) is 1. The van der Waals surface area contributed by atoms with Gasteiger partial charge in [0.15, 0.2) is 5.82 Å². The van der Waals surface area contributed by atoms with Crippen molar-refractivity contribution in [3.05, 3.63) is 24.2 Å². The molecule has 10 heteroatoms. The van der Waals surface area contributed by atoms with Gasteiger partial charge in [-0.05, 0) is 52.7 Å². The Hall–Kier alpha value is -2.65. The number of nitrogens with one attached hydrogen (secondary N) is 1. The number of amides is 1. The maximum Gasteiger partial charge on any atom is 0.410 e. The minimum atomic E-state index is -4.46. The van der Waals surface area contributed by atoms with Crippen LogP contribution in [0.4, 0.5) is 18.9 Å². The van der Waals surface area contributed by atoms with Crippen LogP contribution in [0.1, 0.15) is 72.2 Å². The van der Waals surface area contributed by atoms with Crippen LogP contribution < -0.4 is 5.32 Å². The van der Waals surface area contributed by atoms with Crippen LogP contribution in [-0.4, -0.2) is 55.4 Å². The summed E-state index contributed by atoms with van der Waals surface area (Å²) in [5.41, 5.74) is 1.07. The Morgan fingerprint density at radius 1 is 1.12 bits per heavy atom. The van der Waals surface area contributed by atoms with Gasteiger partial charge < -0.3 is 10.2 Å². The molecule has 182 valence electrons. The highest BCUT2D eigenvalue weighted by Crippen LogP contribution is 2.36. The van der Waals surface area contributed by atoms with Gasteiger partial charge in [-0.2, -0.15) is 13.2 Å². The summed E-state index contributed by atoms with van der Waals surface area (Å²) in [4.78, 5) is 22.9. The molecule has 1 aliphatic heterocycles. The van der Waals surface area contributed by atoms with Gasteiger partial charge in [-0.25, -0.2) is 9.67 Å². The summed E-state index contributed by atoms with van der Waals surface area (Å²) < 4.78 is 41.8. The lowest BCUT2D eigenvalue weighted by Gasteiger charge is -2.33. The minimum absolute atomic E-state index is 0.0624. The third kappa shape index (κ3) is 6.03. The molecule has 33 heavy (non-hydrogen) atoms. The average molecular weight is 467 g/mol. The third-order valence-corrected chi connectivity index (χ3v) is 5.68.